The van der Waals surface area contributed by atoms with Gasteiger partial charge >= 0.3 is 17.6 Å². The van der Waals surface area contributed by atoms with Crippen LogP contribution in [0.2, 0.25) is 0 Å². The molecule has 0 radical (unpaired) electrons. The molecule has 35 heavy (non-hydrogen) atoms. The van der Waals surface area contributed by atoms with Crippen LogP contribution in [0.15, 0.2) is 53.3 Å². The predicted molar refractivity (Wildman–Crippen MR) is 136 cm³/mol. The first-order valence-corrected chi connectivity index (χ1v) is 12.2. The molecule has 0 spiro atoms. The molecular weight excluding hydrogens is 444 g/mol. The maximum atomic E-state index is 13.4. The van der Waals surface area contributed by atoms with E-state index in [1.54, 1.807) is 28.8 Å². The van der Waals surface area contributed by atoms with Gasteiger partial charge in [-0.1, -0.05) is 76.1 Å². The Bertz CT molecular complexity index is 1240. The fourth-order valence-corrected chi connectivity index (χ4v) is 4.34. The Morgan fingerprint density at radius 3 is 2.20 bits per heavy atom. The van der Waals surface area contributed by atoms with E-state index in [1.165, 1.54) is 4.57 Å². The SMILES string of the molecule is CCCCCn1c(C(=O)O)c(CCC(C)C)n(Cc2ccc(-c3ccccc3C(=O)O)cc2)c1=O. The summed E-state index contributed by atoms with van der Waals surface area (Å²) in [6, 6.07) is 14.2. The predicted octanol–water partition coefficient (Wildman–Crippen LogP) is 5.54. The number of carboxylic acid groups (broad SMARTS) is 2. The molecule has 0 unspecified atom stereocenters. The summed E-state index contributed by atoms with van der Waals surface area (Å²) in [5.41, 5.74) is 2.82. The van der Waals surface area contributed by atoms with Crippen LogP contribution in [0, 0.1) is 5.92 Å². The number of rotatable bonds is 12. The second-order valence-electron chi connectivity index (χ2n) is 9.31. The third kappa shape index (κ3) is 6.10. The number of carboxylic acids is 2. The van der Waals surface area contributed by atoms with Crippen molar-refractivity contribution in [2.75, 3.05) is 0 Å². The molecule has 1 aromatic heterocycles. The van der Waals surface area contributed by atoms with E-state index in [1.807, 2.05) is 24.3 Å². The van der Waals surface area contributed by atoms with Gasteiger partial charge in [0, 0.05) is 6.54 Å². The number of hydrogen-bond acceptors (Lipinski definition) is 3. The summed E-state index contributed by atoms with van der Waals surface area (Å²) in [5.74, 6) is -1.69. The van der Waals surface area contributed by atoms with Crippen LogP contribution in [0.3, 0.4) is 0 Å². The first-order chi connectivity index (χ1) is 16.7. The topological polar surface area (TPSA) is 102 Å². The molecule has 3 rings (SSSR count). The van der Waals surface area contributed by atoms with Crippen LogP contribution in [0.4, 0.5) is 0 Å². The van der Waals surface area contributed by atoms with Gasteiger partial charge in [0.2, 0.25) is 0 Å². The van der Waals surface area contributed by atoms with Crippen molar-refractivity contribution in [2.24, 2.45) is 5.92 Å². The zero-order valence-electron chi connectivity index (χ0n) is 20.7. The lowest BCUT2D eigenvalue weighted by atomic mass is 9.98. The third-order valence-corrected chi connectivity index (χ3v) is 6.24. The van der Waals surface area contributed by atoms with Crippen molar-refractivity contribution in [2.45, 2.75) is 66.0 Å². The van der Waals surface area contributed by atoms with Crippen LogP contribution in [-0.2, 0) is 19.5 Å². The highest BCUT2D eigenvalue weighted by Crippen LogP contribution is 2.25. The number of imidazole rings is 1. The molecule has 0 amide bonds. The lowest BCUT2D eigenvalue weighted by Crippen LogP contribution is -2.26. The Labute approximate surface area is 205 Å². The van der Waals surface area contributed by atoms with Crippen molar-refractivity contribution in [3.8, 4) is 11.1 Å². The minimum atomic E-state index is -1.07. The van der Waals surface area contributed by atoms with Crippen LogP contribution in [0.25, 0.3) is 11.1 Å². The number of unbranched alkanes of at least 4 members (excludes halogenated alkanes) is 2. The van der Waals surface area contributed by atoms with E-state index in [-0.39, 0.29) is 23.5 Å². The average molecular weight is 479 g/mol. The zero-order valence-corrected chi connectivity index (χ0v) is 20.7. The van der Waals surface area contributed by atoms with Crippen molar-refractivity contribution in [1.82, 2.24) is 9.13 Å². The summed E-state index contributed by atoms with van der Waals surface area (Å²) < 4.78 is 3.02. The minimum absolute atomic E-state index is 0.0961. The highest BCUT2D eigenvalue weighted by molar-refractivity contribution is 5.96. The summed E-state index contributed by atoms with van der Waals surface area (Å²) in [6.45, 7) is 6.87. The fourth-order valence-electron chi connectivity index (χ4n) is 4.34. The molecule has 0 aliphatic rings. The standard InChI is InChI=1S/C28H34N2O5/c1-4-5-8-17-29-25(27(33)34)24(16-11-19(2)3)30(28(29)35)18-20-12-14-21(15-13-20)22-9-6-7-10-23(22)26(31)32/h6-7,9-10,12-15,19H,4-5,8,11,16-18H2,1-3H3,(H,31,32)(H,33,34). The van der Waals surface area contributed by atoms with Crippen LogP contribution in [0.1, 0.15) is 78.6 Å². The van der Waals surface area contributed by atoms with E-state index in [0.717, 1.165) is 36.8 Å². The zero-order chi connectivity index (χ0) is 25.5. The number of aromatic nitrogens is 2. The number of aromatic carboxylic acids is 2. The molecule has 0 aliphatic heterocycles. The Hall–Kier alpha value is -3.61. The Morgan fingerprint density at radius 2 is 1.60 bits per heavy atom. The second kappa shape index (κ2) is 11.7. The van der Waals surface area contributed by atoms with Gasteiger partial charge in [0.15, 0.2) is 5.69 Å². The molecule has 0 atom stereocenters. The van der Waals surface area contributed by atoms with Gasteiger partial charge in [0.1, 0.15) is 0 Å². The summed E-state index contributed by atoms with van der Waals surface area (Å²) in [4.78, 5) is 37.2. The lowest BCUT2D eigenvalue weighted by molar-refractivity contribution is 0.0677. The molecule has 0 saturated heterocycles. The highest BCUT2D eigenvalue weighted by atomic mass is 16.4. The fraction of sp³-hybridized carbons (Fsp3) is 0.393. The van der Waals surface area contributed by atoms with Crippen molar-refractivity contribution < 1.29 is 19.8 Å². The molecule has 0 aliphatic carbocycles. The maximum absolute atomic E-state index is 13.4. The van der Waals surface area contributed by atoms with Crippen molar-refractivity contribution in [3.05, 3.63) is 81.5 Å². The van der Waals surface area contributed by atoms with Crippen LogP contribution in [-0.4, -0.2) is 31.3 Å². The van der Waals surface area contributed by atoms with Gasteiger partial charge < -0.3 is 10.2 Å². The quantitative estimate of drug-likeness (QED) is 0.333. The summed E-state index contributed by atoms with van der Waals surface area (Å²) in [5, 5.41) is 19.5. The monoisotopic (exact) mass is 478 g/mol. The maximum Gasteiger partial charge on any atom is 0.354 e. The number of benzene rings is 2. The summed E-state index contributed by atoms with van der Waals surface area (Å²) >= 11 is 0. The highest BCUT2D eigenvalue weighted by Gasteiger charge is 2.25. The number of hydrogen-bond donors (Lipinski definition) is 2. The third-order valence-electron chi connectivity index (χ3n) is 6.24. The van der Waals surface area contributed by atoms with E-state index >= 15 is 0 Å². The average Bonchev–Trinajstić information content (AvgIpc) is 3.09. The van der Waals surface area contributed by atoms with Gasteiger partial charge in [-0.2, -0.15) is 0 Å². The summed E-state index contributed by atoms with van der Waals surface area (Å²) in [7, 11) is 0. The van der Waals surface area contributed by atoms with Crippen LogP contribution >= 0.6 is 0 Å². The van der Waals surface area contributed by atoms with Gasteiger partial charge in [-0.05, 0) is 47.9 Å². The molecule has 2 aromatic carbocycles. The van der Waals surface area contributed by atoms with Gasteiger partial charge in [0.25, 0.3) is 0 Å². The van der Waals surface area contributed by atoms with Crippen molar-refractivity contribution in [3.63, 3.8) is 0 Å². The van der Waals surface area contributed by atoms with E-state index in [2.05, 4.69) is 20.8 Å². The van der Waals surface area contributed by atoms with Gasteiger partial charge in [0.05, 0.1) is 17.8 Å². The second-order valence-corrected chi connectivity index (χ2v) is 9.31. The Balaban J connectivity index is 1.99. The normalized spacial score (nSPS) is 11.2. The molecule has 7 nitrogen and oxygen atoms in total. The Kier molecular flexibility index (Phi) is 8.68. The minimum Gasteiger partial charge on any atom is -0.478 e. The van der Waals surface area contributed by atoms with E-state index in [9.17, 15) is 24.6 Å². The lowest BCUT2D eigenvalue weighted by Gasteiger charge is -2.11. The first kappa shape index (κ1) is 26.0. The number of carbonyl (C=O) groups is 2. The van der Waals surface area contributed by atoms with Crippen LogP contribution < -0.4 is 5.69 Å². The molecular formula is C28H34N2O5. The molecule has 7 heteroatoms. The smallest absolute Gasteiger partial charge is 0.354 e. The van der Waals surface area contributed by atoms with Gasteiger partial charge in [-0.25, -0.2) is 14.4 Å². The van der Waals surface area contributed by atoms with Crippen molar-refractivity contribution in [1.29, 1.82) is 0 Å². The molecule has 0 saturated carbocycles. The van der Waals surface area contributed by atoms with Gasteiger partial charge in [-0.15, -0.1) is 0 Å². The Morgan fingerprint density at radius 1 is 0.914 bits per heavy atom. The number of nitrogens with zero attached hydrogens (tertiary/aromatic N) is 2. The largest absolute Gasteiger partial charge is 0.478 e. The molecule has 3 aromatic rings. The molecule has 1 heterocycles. The molecule has 2 N–H and O–H groups in total. The van der Waals surface area contributed by atoms with E-state index in [0.29, 0.717) is 30.1 Å². The van der Waals surface area contributed by atoms with E-state index in [4.69, 9.17) is 0 Å². The molecule has 186 valence electrons. The van der Waals surface area contributed by atoms with E-state index < -0.39 is 11.9 Å². The molecule has 0 bridgehead atoms. The van der Waals surface area contributed by atoms with Crippen LogP contribution in [0.5, 0.6) is 0 Å². The molecule has 0 fully saturated rings. The van der Waals surface area contributed by atoms with Gasteiger partial charge in [-0.3, -0.25) is 9.13 Å². The summed E-state index contributed by atoms with van der Waals surface area (Å²) in [6.07, 6.45) is 3.96. The first-order valence-electron chi connectivity index (χ1n) is 12.2. The van der Waals surface area contributed by atoms with Crippen molar-refractivity contribution >= 4 is 11.9 Å².